The van der Waals surface area contributed by atoms with Gasteiger partial charge in [-0.05, 0) is 48.9 Å². The maximum absolute atomic E-state index is 6.14. The van der Waals surface area contributed by atoms with Gasteiger partial charge >= 0.3 is 0 Å². The lowest BCUT2D eigenvalue weighted by molar-refractivity contribution is 0.538. The van der Waals surface area contributed by atoms with Gasteiger partial charge in [0.05, 0.1) is 6.54 Å². The van der Waals surface area contributed by atoms with Crippen molar-refractivity contribution < 1.29 is 4.42 Å². The molecule has 0 saturated heterocycles. The van der Waals surface area contributed by atoms with Crippen LogP contribution < -0.4 is 10.6 Å². The number of thiophene rings is 1. The molecule has 1 aliphatic rings. The summed E-state index contributed by atoms with van der Waals surface area (Å²) in [6.45, 7) is 3.77. The lowest BCUT2D eigenvalue weighted by Gasteiger charge is -2.31. The summed E-state index contributed by atoms with van der Waals surface area (Å²) in [6, 6.07) is 8.20. The molecule has 0 atom stereocenters. The number of aryl methyl sites for hydroxylation is 1. The minimum atomic E-state index is 0.712. The Labute approximate surface area is 139 Å². The van der Waals surface area contributed by atoms with E-state index in [1.807, 2.05) is 30.5 Å². The van der Waals surface area contributed by atoms with Gasteiger partial charge in [-0.25, -0.2) is 4.98 Å². The highest BCUT2D eigenvalue weighted by molar-refractivity contribution is 7.08. The zero-order valence-corrected chi connectivity index (χ0v) is 13.9. The normalized spacial score (nSPS) is 14.0. The first kappa shape index (κ1) is 14.3. The second kappa shape index (κ2) is 5.74. The number of anilines is 2. The van der Waals surface area contributed by atoms with Crippen LogP contribution in [0.1, 0.15) is 23.4 Å². The molecule has 1 aliphatic heterocycles. The van der Waals surface area contributed by atoms with Crippen molar-refractivity contribution in [3.8, 4) is 11.5 Å². The number of nitrogens with two attached hydrogens (primary N) is 1. The molecule has 0 bridgehead atoms. The number of fused-ring (bicyclic) bond motifs is 1. The molecular weight excluding hydrogens is 306 g/mol. The average molecular weight is 325 g/mol. The van der Waals surface area contributed by atoms with Gasteiger partial charge in [0.15, 0.2) is 0 Å². The van der Waals surface area contributed by atoms with Crippen molar-refractivity contribution in [2.45, 2.75) is 26.3 Å². The summed E-state index contributed by atoms with van der Waals surface area (Å²) < 4.78 is 5.86. The molecule has 0 spiro atoms. The number of aromatic nitrogens is 1. The number of nitrogens with zero attached hydrogens (tertiary/aromatic N) is 2. The highest BCUT2D eigenvalue weighted by atomic mass is 32.1. The van der Waals surface area contributed by atoms with Crippen molar-refractivity contribution in [1.29, 1.82) is 0 Å². The van der Waals surface area contributed by atoms with Gasteiger partial charge in [-0.2, -0.15) is 11.3 Å². The zero-order chi connectivity index (χ0) is 15.8. The molecule has 2 N–H and O–H groups in total. The molecule has 23 heavy (non-hydrogen) atoms. The summed E-state index contributed by atoms with van der Waals surface area (Å²) in [7, 11) is 0. The maximum atomic E-state index is 6.14. The predicted octanol–water partition coefficient (Wildman–Crippen LogP) is 4.25. The molecule has 5 heteroatoms. The summed E-state index contributed by atoms with van der Waals surface area (Å²) in [5.74, 6) is 1.60. The molecule has 0 radical (unpaired) electrons. The molecule has 2 aromatic heterocycles. The van der Waals surface area contributed by atoms with Crippen LogP contribution in [-0.2, 0) is 13.0 Å². The van der Waals surface area contributed by atoms with E-state index in [0.29, 0.717) is 5.89 Å². The van der Waals surface area contributed by atoms with E-state index in [1.165, 1.54) is 11.3 Å². The van der Waals surface area contributed by atoms with Gasteiger partial charge in [0.1, 0.15) is 11.5 Å². The van der Waals surface area contributed by atoms with Gasteiger partial charge in [-0.15, -0.1) is 0 Å². The van der Waals surface area contributed by atoms with Crippen LogP contribution in [0, 0.1) is 6.92 Å². The van der Waals surface area contributed by atoms with Gasteiger partial charge in [-0.1, -0.05) is 6.07 Å². The third-order valence-corrected chi connectivity index (χ3v) is 5.07. The summed E-state index contributed by atoms with van der Waals surface area (Å²) in [6.07, 6.45) is 2.17. The standard InChI is InChI=1S/C18H19N3OS/c1-12-16(20-18(22-12)13-7-9-23-11-13)10-21-8-3-4-14-15(19)5-2-6-17(14)21/h2,5-7,9,11H,3-4,8,10,19H2,1H3. The van der Waals surface area contributed by atoms with Crippen LogP contribution in [0.25, 0.3) is 11.5 Å². The Hall–Kier alpha value is -2.27. The quantitative estimate of drug-likeness (QED) is 0.732. The topological polar surface area (TPSA) is 55.3 Å². The maximum Gasteiger partial charge on any atom is 0.227 e. The third kappa shape index (κ3) is 2.61. The fourth-order valence-electron chi connectivity index (χ4n) is 3.16. The Balaban J connectivity index is 1.64. The van der Waals surface area contributed by atoms with Crippen LogP contribution in [0.5, 0.6) is 0 Å². The van der Waals surface area contributed by atoms with Gasteiger partial charge in [0, 0.05) is 28.9 Å². The van der Waals surface area contributed by atoms with Crippen molar-refractivity contribution in [3.63, 3.8) is 0 Å². The van der Waals surface area contributed by atoms with Crippen molar-refractivity contribution in [1.82, 2.24) is 4.98 Å². The first-order chi connectivity index (χ1) is 11.2. The van der Waals surface area contributed by atoms with E-state index >= 15 is 0 Å². The summed E-state index contributed by atoms with van der Waals surface area (Å²) >= 11 is 1.65. The molecule has 1 aromatic carbocycles. The Kier molecular flexibility index (Phi) is 3.58. The van der Waals surface area contributed by atoms with Gasteiger partial charge in [0.2, 0.25) is 5.89 Å². The second-order valence-electron chi connectivity index (χ2n) is 5.90. The Morgan fingerprint density at radius 3 is 3.09 bits per heavy atom. The molecule has 4 nitrogen and oxygen atoms in total. The number of hydrogen-bond donors (Lipinski definition) is 1. The van der Waals surface area contributed by atoms with Crippen LogP contribution in [0.3, 0.4) is 0 Å². The van der Waals surface area contributed by atoms with E-state index in [4.69, 9.17) is 15.1 Å². The molecule has 0 unspecified atom stereocenters. The average Bonchev–Trinajstić information content (AvgIpc) is 3.19. The number of benzene rings is 1. The van der Waals surface area contributed by atoms with E-state index in [9.17, 15) is 0 Å². The molecule has 118 valence electrons. The fourth-order valence-corrected chi connectivity index (χ4v) is 3.79. The highest BCUT2D eigenvalue weighted by Gasteiger charge is 2.21. The minimum Gasteiger partial charge on any atom is -0.441 e. The van der Waals surface area contributed by atoms with Crippen molar-refractivity contribution in [2.24, 2.45) is 0 Å². The van der Waals surface area contributed by atoms with Crippen molar-refractivity contribution in [3.05, 3.63) is 52.0 Å². The molecule has 0 amide bonds. The molecule has 3 aromatic rings. The van der Waals surface area contributed by atoms with E-state index < -0.39 is 0 Å². The number of oxazole rings is 1. The van der Waals surface area contributed by atoms with Crippen LogP contribution in [-0.4, -0.2) is 11.5 Å². The Morgan fingerprint density at radius 1 is 1.35 bits per heavy atom. The molecule has 0 fully saturated rings. The van der Waals surface area contributed by atoms with Gasteiger partial charge in [0.25, 0.3) is 0 Å². The number of nitrogen functional groups attached to an aromatic ring is 1. The monoisotopic (exact) mass is 325 g/mol. The molecule has 4 rings (SSSR count). The van der Waals surface area contributed by atoms with Gasteiger partial charge in [-0.3, -0.25) is 0 Å². The van der Waals surface area contributed by atoms with Crippen LogP contribution in [0.2, 0.25) is 0 Å². The Morgan fingerprint density at radius 2 is 2.26 bits per heavy atom. The molecule has 3 heterocycles. The summed E-state index contributed by atoms with van der Waals surface area (Å²) in [5.41, 5.74) is 11.6. The van der Waals surface area contributed by atoms with E-state index in [0.717, 1.165) is 48.6 Å². The van der Waals surface area contributed by atoms with Crippen LogP contribution >= 0.6 is 11.3 Å². The number of rotatable bonds is 3. The molecular formula is C18H19N3OS. The van der Waals surface area contributed by atoms with E-state index in [-0.39, 0.29) is 0 Å². The zero-order valence-electron chi connectivity index (χ0n) is 13.1. The summed E-state index contributed by atoms with van der Waals surface area (Å²) in [4.78, 5) is 7.07. The number of hydrogen-bond acceptors (Lipinski definition) is 5. The van der Waals surface area contributed by atoms with Crippen molar-refractivity contribution >= 4 is 22.7 Å². The van der Waals surface area contributed by atoms with Crippen molar-refractivity contribution in [2.75, 3.05) is 17.2 Å². The first-order valence-electron chi connectivity index (χ1n) is 7.83. The van der Waals surface area contributed by atoms with Gasteiger partial charge < -0.3 is 15.1 Å². The minimum absolute atomic E-state index is 0.712. The predicted molar refractivity (Wildman–Crippen MR) is 94.8 cm³/mol. The molecule has 0 aliphatic carbocycles. The lowest BCUT2D eigenvalue weighted by Crippen LogP contribution is -2.29. The largest absolute Gasteiger partial charge is 0.441 e. The SMILES string of the molecule is Cc1oc(-c2ccsc2)nc1CN1CCCc2c(N)cccc21. The lowest BCUT2D eigenvalue weighted by atomic mass is 9.99. The molecule has 0 saturated carbocycles. The third-order valence-electron chi connectivity index (χ3n) is 4.38. The van der Waals surface area contributed by atoms with E-state index in [1.54, 1.807) is 11.3 Å². The smallest absolute Gasteiger partial charge is 0.227 e. The first-order valence-corrected chi connectivity index (χ1v) is 8.78. The van der Waals surface area contributed by atoms with Crippen LogP contribution in [0.4, 0.5) is 11.4 Å². The Bertz CT molecular complexity index is 823. The summed E-state index contributed by atoms with van der Waals surface area (Å²) in [5, 5.41) is 4.10. The highest BCUT2D eigenvalue weighted by Crippen LogP contribution is 2.33. The van der Waals surface area contributed by atoms with E-state index in [2.05, 4.69) is 16.3 Å². The fraction of sp³-hybridized carbons (Fsp3) is 0.278. The van der Waals surface area contributed by atoms with Crippen LogP contribution in [0.15, 0.2) is 39.4 Å². The second-order valence-corrected chi connectivity index (χ2v) is 6.68.